The highest BCUT2D eigenvalue weighted by atomic mass is 19.4. The summed E-state index contributed by atoms with van der Waals surface area (Å²) in [7, 11) is 0. The molecule has 0 bridgehead atoms. The van der Waals surface area contributed by atoms with Gasteiger partial charge in [0.15, 0.2) is 0 Å². The lowest BCUT2D eigenvalue weighted by Gasteiger charge is -2.19. The molecule has 8 heteroatoms. The molecule has 0 aliphatic heterocycles. The molecule has 0 saturated carbocycles. The number of amides is 1. The van der Waals surface area contributed by atoms with Gasteiger partial charge in [-0.1, -0.05) is 67.9 Å². The fourth-order valence-corrected chi connectivity index (χ4v) is 2.91. The predicted octanol–water partition coefficient (Wildman–Crippen LogP) is 5.67. The van der Waals surface area contributed by atoms with E-state index in [9.17, 15) is 18.0 Å². The molecular weight excluding hydrogens is 407 g/mol. The highest BCUT2D eigenvalue weighted by Gasteiger charge is 2.30. The van der Waals surface area contributed by atoms with E-state index in [1.54, 1.807) is 6.08 Å². The van der Waals surface area contributed by atoms with Crippen molar-refractivity contribution >= 4 is 12.0 Å². The monoisotopic (exact) mass is 429 g/mol. The molecule has 3 aromatic rings. The number of hydrogen-bond acceptors (Lipinski definition) is 4. The number of nitrogens with zero attached hydrogens (tertiary/aromatic N) is 2. The highest BCUT2D eigenvalue weighted by molar-refractivity contribution is 5.91. The Bertz CT molecular complexity index is 1030. The van der Waals surface area contributed by atoms with E-state index in [0.717, 1.165) is 24.1 Å². The van der Waals surface area contributed by atoms with Gasteiger partial charge >= 0.3 is 6.18 Å². The third-order valence-corrected chi connectivity index (χ3v) is 4.92. The minimum Gasteiger partial charge on any atom is -0.340 e. The molecule has 162 valence electrons. The van der Waals surface area contributed by atoms with Crippen molar-refractivity contribution < 1.29 is 22.5 Å². The molecule has 31 heavy (non-hydrogen) atoms. The Labute approximate surface area is 178 Å². The first-order valence-corrected chi connectivity index (χ1v) is 9.82. The molecule has 0 radical (unpaired) electrons. The molecule has 1 heterocycles. The summed E-state index contributed by atoms with van der Waals surface area (Å²) in [5.74, 6) is 0.0372. The number of alkyl halides is 3. The number of nitrogens with one attached hydrogen (secondary N) is 1. The van der Waals surface area contributed by atoms with E-state index in [1.807, 2.05) is 44.2 Å². The lowest BCUT2D eigenvalue weighted by molar-refractivity contribution is -0.137. The fraction of sp³-hybridized carbons (Fsp3) is 0.261. The van der Waals surface area contributed by atoms with Gasteiger partial charge in [-0.25, -0.2) is 0 Å². The number of benzene rings is 2. The summed E-state index contributed by atoms with van der Waals surface area (Å²) in [4.78, 5) is 16.7. The Morgan fingerprint density at radius 2 is 1.81 bits per heavy atom. The zero-order valence-corrected chi connectivity index (χ0v) is 17.1. The van der Waals surface area contributed by atoms with Crippen LogP contribution in [0.2, 0.25) is 0 Å². The topological polar surface area (TPSA) is 68.0 Å². The summed E-state index contributed by atoms with van der Waals surface area (Å²) in [6.45, 7) is 3.91. The SMILES string of the molecule is CC[C@@H](C)[C@H](NC(=O)/C=C/c1ccccc1)c1nc(-c2ccc(C(F)(F)F)cc2)no1. The minimum atomic E-state index is -4.42. The maximum Gasteiger partial charge on any atom is 0.416 e. The standard InChI is InChI=1S/C23H22F3N3O2/c1-3-15(2)20(27-19(30)14-9-16-7-5-4-6-8-16)22-28-21(29-31-22)17-10-12-18(13-11-17)23(24,25)26/h4-15,20H,3H2,1-2H3,(H,27,30)/b14-9+/t15-,20+/m1/s1. The van der Waals surface area contributed by atoms with Gasteiger partial charge in [0.05, 0.1) is 5.56 Å². The number of rotatable bonds is 7. The maximum absolute atomic E-state index is 12.8. The van der Waals surface area contributed by atoms with Crippen molar-refractivity contribution in [1.82, 2.24) is 15.5 Å². The van der Waals surface area contributed by atoms with Crippen molar-refractivity contribution in [1.29, 1.82) is 0 Å². The van der Waals surface area contributed by atoms with Gasteiger partial charge in [-0.2, -0.15) is 18.2 Å². The molecule has 1 aromatic heterocycles. The van der Waals surface area contributed by atoms with Crippen LogP contribution < -0.4 is 5.32 Å². The molecule has 2 atom stereocenters. The second-order valence-corrected chi connectivity index (χ2v) is 7.15. The molecule has 0 aliphatic rings. The third kappa shape index (κ3) is 5.81. The van der Waals surface area contributed by atoms with Crippen molar-refractivity contribution in [2.45, 2.75) is 32.5 Å². The summed E-state index contributed by atoms with van der Waals surface area (Å²) in [6.07, 6.45) is -0.548. The van der Waals surface area contributed by atoms with Gasteiger partial charge < -0.3 is 9.84 Å². The smallest absolute Gasteiger partial charge is 0.340 e. The van der Waals surface area contributed by atoms with Crippen LogP contribution in [0.1, 0.15) is 43.3 Å². The molecule has 0 unspecified atom stereocenters. The average molecular weight is 429 g/mol. The molecule has 1 amide bonds. The van der Waals surface area contributed by atoms with Crippen LogP contribution in [0.5, 0.6) is 0 Å². The lowest BCUT2D eigenvalue weighted by Crippen LogP contribution is -2.31. The Hall–Kier alpha value is -3.42. The number of hydrogen-bond donors (Lipinski definition) is 1. The van der Waals surface area contributed by atoms with Crippen LogP contribution in [-0.2, 0) is 11.0 Å². The second-order valence-electron chi connectivity index (χ2n) is 7.15. The van der Waals surface area contributed by atoms with Gasteiger partial charge in [0, 0.05) is 11.6 Å². The van der Waals surface area contributed by atoms with Gasteiger partial charge in [-0.05, 0) is 29.7 Å². The fourth-order valence-electron chi connectivity index (χ4n) is 2.91. The van der Waals surface area contributed by atoms with Crippen LogP contribution in [0.4, 0.5) is 13.2 Å². The normalized spacial score (nSPS) is 13.8. The highest BCUT2D eigenvalue weighted by Crippen LogP contribution is 2.31. The zero-order valence-electron chi connectivity index (χ0n) is 17.1. The molecule has 0 saturated heterocycles. The second kappa shape index (κ2) is 9.59. The first-order valence-electron chi connectivity index (χ1n) is 9.82. The Morgan fingerprint density at radius 1 is 1.13 bits per heavy atom. The Morgan fingerprint density at radius 3 is 2.42 bits per heavy atom. The van der Waals surface area contributed by atoms with Crippen LogP contribution in [0.15, 0.2) is 65.2 Å². The van der Waals surface area contributed by atoms with Gasteiger partial charge in [0.1, 0.15) is 6.04 Å². The molecule has 1 N–H and O–H groups in total. The van der Waals surface area contributed by atoms with Crippen LogP contribution in [-0.4, -0.2) is 16.0 Å². The van der Waals surface area contributed by atoms with Crippen molar-refractivity contribution in [2.24, 2.45) is 5.92 Å². The Kier molecular flexibility index (Phi) is 6.89. The summed E-state index contributed by atoms with van der Waals surface area (Å²) >= 11 is 0. The zero-order chi connectivity index (χ0) is 22.4. The van der Waals surface area contributed by atoms with Crippen LogP contribution >= 0.6 is 0 Å². The van der Waals surface area contributed by atoms with E-state index < -0.39 is 17.8 Å². The summed E-state index contributed by atoms with van der Waals surface area (Å²) in [6, 6.07) is 13.4. The van der Waals surface area contributed by atoms with Gasteiger partial charge in [0.2, 0.25) is 17.6 Å². The van der Waals surface area contributed by atoms with Crippen molar-refractivity contribution in [3.05, 3.63) is 77.7 Å². The van der Waals surface area contributed by atoms with Gasteiger partial charge in [-0.15, -0.1) is 0 Å². The summed E-state index contributed by atoms with van der Waals surface area (Å²) in [5.41, 5.74) is 0.524. The molecule has 2 aromatic carbocycles. The average Bonchev–Trinajstić information content (AvgIpc) is 3.25. The van der Waals surface area contributed by atoms with E-state index in [4.69, 9.17) is 4.52 Å². The lowest BCUT2D eigenvalue weighted by atomic mass is 9.99. The minimum absolute atomic E-state index is 0.00465. The molecule has 5 nitrogen and oxygen atoms in total. The van der Waals surface area contributed by atoms with E-state index in [0.29, 0.717) is 5.56 Å². The van der Waals surface area contributed by atoms with Crippen molar-refractivity contribution in [2.75, 3.05) is 0 Å². The third-order valence-electron chi connectivity index (χ3n) is 4.92. The van der Waals surface area contributed by atoms with E-state index in [-0.39, 0.29) is 23.5 Å². The van der Waals surface area contributed by atoms with Crippen LogP contribution in [0.3, 0.4) is 0 Å². The first-order chi connectivity index (χ1) is 14.8. The molecule has 3 rings (SSSR count). The number of carbonyl (C=O) groups excluding carboxylic acids is 1. The summed E-state index contributed by atoms with van der Waals surface area (Å²) in [5, 5.41) is 6.76. The van der Waals surface area contributed by atoms with Crippen molar-refractivity contribution in [3.63, 3.8) is 0 Å². The molecule has 0 fully saturated rings. The van der Waals surface area contributed by atoms with Crippen LogP contribution in [0, 0.1) is 5.92 Å². The largest absolute Gasteiger partial charge is 0.416 e. The molecule has 0 spiro atoms. The molecule has 0 aliphatic carbocycles. The molecular formula is C23H22F3N3O2. The maximum atomic E-state index is 12.8. The van der Waals surface area contributed by atoms with Crippen LogP contribution in [0.25, 0.3) is 17.5 Å². The number of aromatic nitrogens is 2. The van der Waals surface area contributed by atoms with Gasteiger partial charge in [-0.3, -0.25) is 4.79 Å². The quantitative estimate of drug-likeness (QED) is 0.491. The number of halogens is 3. The van der Waals surface area contributed by atoms with E-state index >= 15 is 0 Å². The first kappa shape index (κ1) is 22.3. The van der Waals surface area contributed by atoms with Gasteiger partial charge in [0.25, 0.3) is 0 Å². The predicted molar refractivity (Wildman–Crippen MR) is 111 cm³/mol. The van der Waals surface area contributed by atoms with E-state index in [2.05, 4.69) is 15.5 Å². The summed E-state index contributed by atoms with van der Waals surface area (Å²) < 4.78 is 43.6. The van der Waals surface area contributed by atoms with Crippen molar-refractivity contribution in [3.8, 4) is 11.4 Å². The Balaban J connectivity index is 1.76. The van der Waals surface area contributed by atoms with E-state index in [1.165, 1.54) is 18.2 Å². The number of carbonyl (C=O) groups is 1.